The van der Waals surface area contributed by atoms with Gasteiger partial charge < -0.3 is 8.80 Å². The van der Waals surface area contributed by atoms with E-state index in [0.717, 1.165) is 0 Å². The second kappa shape index (κ2) is 11.6. The molecule has 0 unspecified atom stereocenters. The minimum Gasteiger partial charge on any atom is -0.308 e. The van der Waals surface area contributed by atoms with Gasteiger partial charge in [0.25, 0.3) is 0 Å². The highest BCUT2D eigenvalue weighted by molar-refractivity contribution is 7.26. The fourth-order valence-electron chi connectivity index (χ4n) is 10.6. The molecule has 3 heteroatoms. The molecule has 0 bridgehead atoms. The van der Waals surface area contributed by atoms with E-state index in [2.05, 4.69) is 201 Å². The van der Waals surface area contributed by atoms with Gasteiger partial charge in [-0.25, -0.2) is 0 Å². The Balaban J connectivity index is 1.26. The Bertz CT molecular complexity index is 3800. The number of aromatic nitrogens is 2. The molecule has 5 heterocycles. The standard InChI is InChI=1S/C58H54N2S/c1-55(2,3)33-18-20-45-39(25-33)42-26-36(58(10,11)12)27-43-40-28-48-41(29-47(40)59(45)53(42)43)44-30-50-51(38-15-13-14-16-49(38)61-50)52-37-19-17-31(23-46(37)60(48)54(44)52)32-21-34(56(4,5)6)24-35(22-32)57(7,8)9/h13-30H,1-12H3. The van der Waals surface area contributed by atoms with Gasteiger partial charge >= 0.3 is 0 Å². The average Bonchev–Trinajstić information content (AvgIpc) is 3.98. The molecule has 2 nitrogen and oxygen atoms in total. The molecule has 5 aromatic heterocycles. The molecule has 0 amide bonds. The Kier molecular flexibility index (Phi) is 7.08. The first-order chi connectivity index (χ1) is 28.8. The molecule has 7 aromatic carbocycles. The third kappa shape index (κ3) is 5.08. The van der Waals surface area contributed by atoms with Gasteiger partial charge in [-0.3, -0.25) is 0 Å². The van der Waals surface area contributed by atoms with Crippen LogP contribution in [0.15, 0.2) is 109 Å². The molecule has 12 aromatic rings. The van der Waals surface area contributed by atoms with E-state index in [1.54, 1.807) is 0 Å². The zero-order valence-corrected chi connectivity index (χ0v) is 38.5. The summed E-state index contributed by atoms with van der Waals surface area (Å²) in [6, 6.07) is 43.4. The van der Waals surface area contributed by atoms with Crippen LogP contribution in [-0.4, -0.2) is 8.80 Å². The van der Waals surface area contributed by atoms with E-state index >= 15 is 0 Å². The number of benzene rings is 7. The second-order valence-electron chi connectivity index (χ2n) is 22.4. The van der Waals surface area contributed by atoms with Gasteiger partial charge in [-0.1, -0.05) is 138 Å². The zero-order chi connectivity index (χ0) is 42.4. The molecule has 0 radical (unpaired) electrons. The van der Waals surface area contributed by atoms with Gasteiger partial charge in [-0.05, 0) is 110 Å². The summed E-state index contributed by atoms with van der Waals surface area (Å²) in [6.07, 6.45) is 0. The van der Waals surface area contributed by atoms with Gasteiger partial charge in [0.15, 0.2) is 0 Å². The number of nitrogens with zero attached hydrogens (tertiary/aromatic N) is 2. The minimum atomic E-state index is 0.00132. The van der Waals surface area contributed by atoms with Crippen molar-refractivity contribution in [2.45, 2.75) is 105 Å². The number of hydrogen-bond acceptors (Lipinski definition) is 1. The van der Waals surface area contributed by atoms with Crippen LogP contribution >= 0.6 is 11.3 Å². The fourth-order valence-corrected chi connectivity index (χ4v) is 11.8. The van der Waals surface area contributed by atoms with Crippen molar-refractivity contribution in [1.29, 1.82) is 0 Å². The smallest absolute Gasteiger partial charge is 0.0627 e. The van der Waals surface area contributed by atoms with Crippen molar-refractivity contribution in [2.24, 2.45) is 0 Å². The normalized spacial score (nSPS) is 13.9. The highest BCUT2D eigenvalue weighted by Gasteiger charge is 2.28. The van der Waals surface area contributed by atoms with Crippen LogP contribution in [0.1, 0.15) is 105 Å². The number of rotatable bonds is 1. The van der Waals surface area contributed by atoms with Crippen LogP contribution in [0.2, 0.25) is 0 Å². The van der Waals surface area contributed by atoms with Crippen molar-refractivity contribution in [2.75, 3.05) is 0 Å². The first-order valence-electron chi connectivity index (χ1n) is 22.2. The molecule has 0 atom stereocenters. The molecule has 61 heavy (non-hydrogen) atoms. The van der Waals surface area contributed by atoms with E-state index in [1.165, 1.54) is 130 Å². The third-order valence-electron chi connectivity index (χ3n) is 14.1. The van der Waals surface area contributed by atoms with Crippen molar-refractivity contribution < 1.29 is 0 Å². The van der Waals surface area contributed by atoms with Crippen molar-refractivity contribution in [3.8, 4) is 11.1 Å². The molecule has 0 fully saturated rings. The minimum absolute atomic E-state index is 0.00132. The van der Waals surface area contributed by atoms with Crippen LogP contribution in [0.5, 0.6) is 0 Å². The maximum absolute atomic E-state index is 2.63. The maximum atomic E-state index is 2.63. The molecular formula is C58H54N2S. The molecule has 0 saturated carbocycles. The molecule has 0 saturated heterocycles. The molecule has 0 spiro atoms. The number of thiophene rings is 1. The summed E-state index contributed by atoms with van der Waals surface area (Å²) in [6.45, 7) is 28.1. The predicted molar refractivity (Wildman–Crippen MR) is 269 cm³/mol. The maximum Gasteiger partial charge on any atom is 0.0627 e. The van der Waals surface area contributed by atoms with E-state index in [1.807, 2.05) is 11.3 Å². The molecule has 0 aliphatic heterocycles. The molecule has 0 aliphatic carbocycles. The summed E-state index contributed by atoms with van der Waals surface area (Å²) in [5.74, 6) is 0. The Morgan fingerprint density at radius 2 is 0.852 bits per heavy atom. The van der Waals surface area contributed by atoms with Crippen LogP contribution < -0.4 is 0 Å². The largest absolute Gasteiger partial charge is 0.308 e. The third-order valence-corrected chi connectivity index (χ3v) is 15.3. The Hall–Kier alpha value is -5.64. The topological polar surface area (TPSA) is 8.82 Å². The lowest BCUT2D eigenvalue weighted by Gasteiger charge is -2.26. The summed E-state index contributed by atoms with van der Waals surface area (Å²) in [5, 5.41) is 13.5. The first-order valence-corrected chi connectivity index (χ1v) is 23.0. The van der Waals surface area contributed by atoms with Gasteiger partial charge in [-0.15, -0.1) is 11.3 Å². The van der Waals surface area contributed by atoms with Crippen molar-refractivity contribution in [3.63, 3.8) is 0 Å². The average molecular weight is 811 g/mol. The summed E-state index contributed by atoms with van der Waals surface area (Å²) in [7, 11) is 0. The zero-order valence-electron chi connectivity index (χ0n) is 37.7. The predicted octanol–water partition coefficient (Wildman–Crippen LogP) is 17.2. The van der Waals surface area contributed by atoms with E-state index in [0.29, 0.717) is 0 Å². The molecular weight excluding hydrogens is 757 g/mol. The molecule has 0 N–H and O–H groups in total. The first kappa shape index (κ1) is 37.1. The van der Waals surface area contributed by atoms with Gasteiger partial charge in [0.05, 0.1) is 33.1 Å². The van der Waals surface area contributed by atoms with E-state index in [-0.39, 0.29) is 21.7 Å². The summed E-state index contributed by atoms with van der Waals surface area (Å²) in [5.41, 5.74) is 16.0. The van der Waals surface area contributed by atoms with Gasteiger partial charge in [0, 0.05) is 63.3 Å². The molecule has 0 aliphatic rings. The SMILES string of the molecule is CC(C)(C)c1cc(-c2ccc3c4c5c(cc6c7cc8c(cc7n(c3c2)c64)c2cc(C(C)(C)C)cc3c4cc(C(C)(C)C)ccc4n8c32)sc2ccccc25)cc(C(C)(C)C)c1. The fraction of sp³-hybridized carbons (Fsp3) is 0.276. The van der Waals surface area contributed by atoms with Gasteiger partial charge in [0.1, 0.15) is 0 Å². The Morgan fingerprint density at radius 1 is 0.328 bits per heavy atom. The van der Waals surface area contributed by atoms with E-state index in [4.69, 9.17) is 0 Å². The lowest BCUT2D eigenvalue weighted by Crippen LogP contribution is -2.16. The monoisotopic (exact) mass is 810 g/mol. The lowest BCUT2D eigenvalue weighted by molar-refractivity contribution is 0.569. The van der Waals surface area contributed by atoms with Crippen molar-refractivity contribution in [3.05, 3.63) is 131 Å². The Labute approximate surface area is 362 Å². The van der Waals surface area contributed by atoms with Crippen LogP contribution in [0, 0.1) is 0 Å². The highest BCUT2D eigenvalue weighted by Crippen LogP contribution is 2.51. The molecule has 12 rings (SSSR count). The van der Waals surface area contributed by atoms with Crippen LogP contribution in [-0.2, 0) is 21.7 Å². The van der Waals surface area contributed by atoms with Gasteiger partial charge in [0.2, 0.25) is 0 Å². The van der Waals surface area contributed by atoms with Crippen LogP contribution in [0.25, 0.3) is 107 Å². The number of fused-ring (bicyclic) bond motifs is 16. The van der Waals surface area contributed by atoms with E-state index in [9.17, 15) is 0 Å². The van der Waals surface area contributed by atoms with Crippen molar-refractivity contribution in [1.82, 2.24) is 8.80 Å². The van der Waals surface area contributed by atoms with Gasteiger partial charge in [-0.2, -0.15) is 0 Å². The van der Waals surface area contributed by atoms with Crippen LogP contribution in [0.4, 0.5) is 0 Å². The Morgan fingerprint density at radius 3 is 1.48 bits per heavy atom. The molecule has 302 valence electrons. The van der Waals surface area contributed by atoms with Crippen molar-refractivity contribution >= 4 is 108 Å². The summed E-state index contributed by atoms with van der Waals surface area (Å²) >= 11 is 1.93. The van der Waals surface area contributed by atoms with E-state index < -0.39 is 0 Å². The quantitative estimate of drug-likeness (QED) is 0.156. The summed E-state index contributed by atoms with van der Waals surface area (Å²) < 4.78 is 7.92. The summed E-state index contributed by atoms with van der Waals surface area (Å²) in [4.78, 5) is 0. The van der Waals surface area contributed by atoms with Crippen LogP contribution in [0.3, 0.4) is 0 Å². The lowest BCUT2D eigenvalue weighted by atomic mass is 9.79. The highest BCUT2D eigenvalue weighted by atomic mass is 32.1. The number of hydrogen-bond donors (Lipinski definition) is 0. The second-order valence-corrected chi connectivity index (χ2v) is 23.4.